The minimum absolute atomic E-state index is 0.619. The van der Waals surface area contributed by atoms with E-state index in [4.69, 9.17) is 0 Å². The standard InChI is InChI=1S/C12H17N2O/c15-12(11-4-6-13-7-5-11)10-14-8-2-1-3-9-14/h4-7,12H,1-3,8-10H2. The lowest BCUT2D eigenvalue weighted by Crippen LogP contribution is -2.33. The Morgan fingerprint density at radius 1 is 1.20 bits per heavy atom. The summed E-state index contributed by atoms with van der Waals surface area (Å²) < 4.78 is 0. The van der Waals surface area contributed by atoms with Gasteiger partial charge in [-0.1, -0.05) is 6.42 Å². The lowest BCUT2D eigenvalue weighted by atomic mass is 10.1. The molecule has 0 spiro atoms. The van der Waals surface area contributed by atoms with Crippen molar-refractivity contribution in [2.24, 2.45) is 0 Å². The molecule has 2 rings (SSSR count). The first-order valence-corrected chi connectivity index (χ1v) is 5.64. The number of nitrogens with zero attached hydrogens (tertiary/aromatic N) is 2. The number of hydrogen-bond donors (Lipinski definition) is 0. The van der Waals surface area contributed by atoms with Crippen LogP contribution in [0.5, 0.6) is 0 Å². The first kappa shape index (κ1) is 10.6. The van der Waals surface area contributed by atoms with Gasteiger partial charge >= 0.3 is 0 Å². The number of hydrogen-bond acceptors (Lipinski definition) is 2. The zero-order valence-electron chi connectivity index (χ0n) is 8.93. The van der Waals surface area contributed by atoms with E-state index in [1.54, 1.807) is 12.4 Å². The fourth-order valence-electron chi connectivity index (χ4n) is 2.06. The maximum absolute atomic E-state index is 11.9. The lowest BCUT2D eigenvalue weighted by molar-refractivity contribution is 0.0438. The molecule has 0 saturated carbocycles. The number of pyridine rings is 1. The van der Waals surface area contributed by atoms with Crippen molar-refractivity contribution in [2.45, 2.75) is 25.4 Å². The van der Waals surface area contributed by atoms with Crippen LogP contribution in [0.25, 0.3) is 0 Å². The Bertz CT molecular complexity index is 283. The van der Waals surface area contributed by atoms with Crippen LogP contribution in [0, 0.1) is 0 Å². The van der Waals surface area contributed by atoms with E-state index in [9.17, 15) is 5.11 Å². The minimum Gasteiger partial charge on any atom is -0.300 e. The van der Waals surface area contributed by atoms with Gasteiger partial charge in [-0.25, -0.2) is 5.11 Å². The molecule has 0 N–H and O–H groups in total. The van der Waals surface area contributed by atoms with E-state index in [2.05, 4.69) is 9.88 Å². The number of rotatable bonds is 3. The van der Waals surface area contributed by atoms with E-state index < -0.39 is 6.10 Å². The summed E-state index contributed by atoms with van der Waals surface area (Å²) in [5, 5.41) is 11.9. The van der Waals surface area contributed by atoms with Crippen LogP contribution in [-0.4, -0.2) is 29.5 Å². The molecule has 15 heavy (non-hydrogen) atoms. The highest BCUT2D eigenvalue weighted by molar-refractivity contribution is 5.13. The van der Waals surface area contributed by atoms with Crippen LogP contribution in [-0.2, 0) is 5.11 Å². The maximum Gasteiger partial charge on any atom is 0.131 e. The van der Waals surface area contributed by atoms with Gasteiger partial charge in [0.05, 0.1) is 0 Å². The molecule has 0 bridgehead atoms. The molecule has 1 unspecified atom stereocenters. The Morgan fingerprint density at radius 3 is 2.53 bits per heavy atom. The Balaban J connectivity index is 1.88. The molecule has 81 valence electrons. The summed E-state index contributed by atoms with van der Waals surface area (Å²) in [6, 6.07) is 3.64. The molecule has 1 aromatic rings. The average Bonchev–Trinajstić information content (AvgIpc) is 2.31. The van der Waals surface area contributed by atoms with Crippen LogP contribution in [0.2, 0.25) is 0 Å². The third-order valence-electron chi connectivity index (χ3n) is 2.95. The molecule has 1 aromatic heterocycles. The zero-order chi connectivity index (χ0) is 10.5. The molecule has 0 aliphatic carbocycles. The summed E-state index contributed by atoms with van der Waals surface area (Å²) >= 11 is 0. The van der Waals surface area contributed by atoms with Crippen LogP contribution in [0.4, 0.5) is 0 Å². The van der Waals surface area contributed by atoms with Gasteiger partial charge in [0.1, 0.15) is 6.10 Å². The van der Waals surface area contributed by atoms with Gasteiger partial charge in [-0.3, -0.25) is 4.98 Å². The highest BCUT2D eigenvalue weighted by atomic mass is 16.3. The molecular weight excluding hydrogens is 188 g/mol. The van der Waals surface area contributed by atoms with Gasteiger partial charge in [0.15, 0.2) is 0 Å². The summed E-state index contributed by atoms with van der Waals surface area (Å²) in [6.45, 7) is 2.82. The average molecular weight is 205 g/mol. The minimum atomic E-state index is -0.619. The van der Waals surface area contributed by atoms with Crippen molar-refractivity contribution >= 4 is 0 Å². The first-order chi connectivity index (χ1) is 7.36. The largest absolute Gasteiger partial charge is 0.300 e. The molecule has 3 heteroatoms. The Morgan fingerprint density at radius 2 is 1.87 bits per heavy atom. The van der Waals surface area contributed by atoms with Crippen LogP contribution in [0.15, 0.2) is 24.5 Å². The van der Waals surface area contributed by atoms with Crippen molar-refractivity contribution in [3.05, 3.63) is 30.1 Å². The molecule has 0 aromatic carbocycles. The summed E-state index contributed by atoms with van der Waals surface area (Å²) in [4.78, 5) is 6.20. The fraction of sp³-hybridized carbons (Fsp3) is 0.583. The Hall–Kier alpha value is -0.930. The van der Waals surface area contributed by atoms with Gasteiger partial charge in [-0.2, -0.15) is 0 Å². The van der Waals surface area contributed by atoms with Gasteiger partial charge in [0.2, 0.25) is 0 Å². The van der Waals surface area contributed by atoms with Gasteiger partial charge in [-0.15, -0.1) is 0 Å². The molecule has 3 nitrogen and oxygen atoms in total. The van der Waals surface area contributed by atoms with E-state index in [0.29, 0.717) is 6.54 Å². The van der Waals surface area contributed by atoms with Crippen LogP contribution >= 0.6 is 0 Å². The van der Waals surface area contributed by atoms with Crippen molar-refractivity contribution in [3.63, 3.8) is 0 Å². The summed E-state index contributed by atoms with van der Waals surface area (Å²) in [5.74, 6) is 0. The van der Waals surface area contributed by atoms with Gasteiger partial charge in [-0.05, 0) is 43.6 Å². The summed E-state index contributed by atoms with van der Waals surface area (Å²) in [5.41, 5.74) is 0.857. The predicted octanol–water partition coefficient (Wildman–Crippen LogP) is 2.04. The molecule has 2 heterocycles. The van der Waals surface area contributed by atoms with Gasteiger partial charge in [0, 0.05) is 18.9 Å². The third-order valence-corrected chi connectivity index (χ3v) is 2.95. The summed E-state index contributed by atoms with van der Waals surface area (Å²) in [6.07, 6.45) is 6.56. The molecule has 1 fully saturated rings. The predicted molar refractivity (Wildman–Crippen MR) is 58.0 cm³/mol. The molecule has 1 atom stereocenters. The fourth-order valence-corrected chi connectivity index (χ4v) is 2.06. The molecule has 1 radical (unpaired) electrons. The molecule has 1 aliphatic rings. The maximum atomic E-state index is 11.9. The van der Waals surface area contributed by atoms with Crippen LogP contribution in [0.1, 0.15) is 30.9 Å². The lowest BCUT2D eigenvalue weighted by Gasteiger charge is -2.27. The third kappa shape index (κ3) is 3.01. The van der Waals surface area contributed by atoms with E-state index in [-0.39, 0.29) is 0 Å². The smallest absolute Gasteiger partial charge is 0.131 e. The summed E-state index contributed by atoms with van der Waals surface area (Å²) in [7, 11) is 0. The van der Waals surface area contributed by atoms with Gasteiger partial charge < -0.3 is 4.90 Å². The second-order valence-corrected chi connectivity index (χ2v) is 4.13. The first-order valence-electron chi connectivity index (χ1n) is 5.64. The topological polar surface area (TPSA) is 36.0 Å². The van der Waals surface area contributed by atoms with Crippen molar-refractivity contribution in [2.75, 3.05) is 19.6 Å². The molecule has 1 aliphatic heterocycles. The molecular formula is C12H17N2O. The molecule has 0 amide bonds. The number of aromatic nitrogens is 1. The number of piperidine rings is 1. The van der Waals surface area contributed by atoms with E-state index >= 15 is 0 Å². The SMILES string of the molecule is [O]C(CN1CCCCC1)c1ccncc1. The van der Waals surface area contributed by atoms with Crippen LogP contribution < -0.4 is 0 Å². The normalized spacial score (nSPS) is 20.1. The number of likely N-dealkylation sites (tertiary alicyclic amines) is 1. The second kappa shape index (κ2) is 5.24. The quantitative estimate of drug-likeness (QED) is 0.757. The van der Waals surface area contributed by atoms with Crippen molar-refractivity contribution < 1.29 is 5.11 Å². The monoisotopic (exact) mass is 205 g/mol. The van der Waals surface area contributed by atoms with Crippen molar-refractivity contribution in [1.29, 1.82) is 0 Å². The second-order valence-electron chi connectivity index (χ2n) is 4.13. The highest BCUT2D eigenvalue weighted by Gasteiger charge is 2.16. The van der Waals surface area contributed by atoms with Crippen LogP contribution in [0.3, 0.4) is 0 Å². The van der Waals surface area contributed by atoms with E-state index in [1.807, 2.05) is 12.1 Å². The molecule has 1 saturated heterocycles. The van der Waals surface area contributed by atoms with Gasteiger partial charge in [0.25, 0.3) is 0 Å². The van der Waals surface area contributed by atoms with Crippen molar-refractivity contribution in [3.8, 4) is 0 Å². The van der Waals surface area contributed by atoms with E-state index in [0.717, 1.165) is 18.7 Å². The van der Waals surface area contributed by atoms with Crippen molar-refractivity contribution in [1.82, 2.24) is 9.88 Å². The Kier molecular flexibility index (Phi) is 3.69. The highest BCUT2D eigenvalue weighted by Crippen LogP contribution is 2.16. The zero-order valence-corrected chi connectivity index (χ0v) is 8.93. The van der Waals surface area contributed by atoms with E-state index in [1.165, 1.54) is 19.3 Å². The Labute approximate surface area is 90.8 Å².